The van der Waals surface area contributed by atoms with Crippen molar-refractivity contribution in [2.75, 3.05) is 52.4 Å². The zero-order chi connectivity index (χ0) is 23.2. The molecule has 0 N–H and O–H groups in total. The minimum absolute atomic E-state index is 0.00249. The molecule has 182 valence electrons. The van der Waals surface area contributed by atoms with Crippen LogP contribution < -0.4 is 4.74 Å². The lowest BCUT2D eigenvalue weighted by Crippen LogP contribution is -2.50. The number of benzene rings is 1. The molecule has 4 rings (SSSR count). The van der Waals surface area contributed by atoms with Gasteiger partial charge in [0.15, 0.2) is 6.61 Å². The number of carbonyl (C=O) groups excluding carboxylic acids is 2. The Morgan fingerprint density at radius 3 is 2.15 bits per heavy atom. The van der Waals surface area contributed by atoms with Gasteiger partial charge in [-0.1, -0.05) is 18.2 Å². The molecule has 3 saturated heterocycles. The van der Waals surface area contributed by atoms with Gasteiger partial charge in [0.25, 0.3) is 5.91 Å². The predicted octanol–water partition coefficient (Wildman–Crippen LogP) is 2.65. The topological polar surface area (TPSA) is 62.3 Å². The maximum atomic E-state index is 13.1. The molecular formula is C26H39N3O4. The second-order valence-electron chi connectivity index (χ2n) is 10.0. The Balaban J connectivity index is 1.15. The van der Waals surface area contributed by atoms with Gasteiger partial charge in [-0.3, -0.25) is 14.5 Å². The summed E-state index contributed by atoms with van der Waals surface area (Å²) in [5.41, 5.74) is 0. The van der Waals surface area contributed by atoms with Gasteiger partial charge in [-0.2, -0.15) is 0 Å². The Morgan fingerprint density at radius 2 is 1.52 bits per heavy atom. The van der Waals surface area contributed by atoms with Crippen molar-refractivity contribution < 1.29 is 19.1 Å². The fourth-order valence-electron chi connectivity index (χ4n) is 5.52. The monoisotopic (exact) mass is 457 g/mol. The van der Waals surface area contributed by atoms with Crippen LogP contribution in [0.3, 0.4) is 0 Å². The van der Waals surface area contributed by atoms with Gasteiger partial charge in [0, 0.05) is 51.7 Å². The van der Waals surface area contributed by atoms with E-state index in [4.69, 9.17) is 9.47 Å². The van der Waals surface area contributed by atoms with Crippen molar-refractivity contribution in [1.82, 2.24) is 14.7 Å². The Hall–Kier alpha value is -2.12. The molecule has 0 aliphatic carbocycles. The van der Waals surface area contributed by atoms with Gasteiger partial charge < -0.3 is 19.3 Å². The first-order chi connectivity index (χ1) is 16.0. The average molecular weight is 458 g/mol. The summed E-state index contributed by atoms with van der Waals surface area (Å²) < 4.78 is 11.4. The summed E-state index contributed by atoms with van der Waals surface area (Å²) in [6.07, 6.45) is 4.27. The van der Waals surface area contributed by atoms with Crippen LogP contribution >= 0.6 is 0 Å². The maximum Gasteiger partial charge on any atom is 0.260 e. The van der Waals surface area contributed by atoms with Crippen LogP contribution in [0.4, 0.5) is 0 Å². The number of piperidine rings is 2. The lowest BCUT2D eigenvalue weighted by Gasteiger charge is -2.40. The number of ether oxygens (including phenoxy) is 2. The molecule has 2 unspecified atom stereocenters. The Kier molecular flexibility index (Phi) is 8.25. The standard InChI is InChI=1S/C26H39N3O4/c1-20-16-27(17-21(2)33-20)18-22-8-12-29(13-9-22)26(31)23-10-14-28(15-11-23)25(30)19-32-24-6-4-3-5-7-24/h3-7,20-23H,8-19H2,1-2H3. The van der Waals surface area contributed by atoms with Crippen LogP contribution in [-0.2, 0) is 14.3 Å². The minimum Gasteiger partial charge on any atom is -0.484 e. The molecule has 0 radical (unpaired) electrons. The number of rotatable bonds is 6. The predicted molar refractivity (Wildman–Crippen MR) is 127 cm³/mol. The Morgan fingerprint density at radius 1 is 0.909 bits per heavy atom. The van der Waals surface area contributed by atoms with Crippen molar-refractivity contribution in [2.24, 2.45) is 11.8 Å². The molecule has 0 spiro atoms. The highest BCUT2D eigenvalue weighted by molar-refractivity contribution is 5.80. The largest absolute Gasteiger partial charge is 0.484 e. The SMILES string of the molecule is CC1CN(CC2CCN(C(=O)C3CCN(C(=O)COc4ccccc4)CC3)CC2)CC(C)O1. The summed E-state index contributed by atoms with van der Waals surface area (Å²) in [5, 5.41) is 0. The second-order valence-corrected chi connectivity index (χ2v) is 10.0. The molecule has 7 heteroatoms. The zero-order valence-electron chi connectivity index (χ0n) is 20.2. The Bertz CT molecular complexity index is 763. The van der Waals surface area contributed by atoms with Crippen LogP contribution in [0.2, 0.25) is 0 Å². The molecule has 0 saturated carbocycles. The number of likely N-dealkylation sites (tertiary alicyclic amines) is 2. The molecule has 2 amide bonds. The third kappa shape index (κ3) is 6.70. The van der Waals surface area contributed by atoms with Crippen molar-refractivity contribution >= 4 is 11.8 Å². The lowest BCUT2D eigenvalue weighted by atomic mass is 9.91. The van der Waals surface area contributed by atoms with Crippen LogP contribution in [0.15, 0.2) is 30.3 Å². The first-order valence-corrected chi connectivity index (χ1v) is 12.6. The third-order valence-electron chi connectivity index (χ3n) is 7.24. The molecule has 3 fully saturated rings. The fourth-order valence-corrected chi connectivity index (χ4v) is 5.52. The van der Waals surface area contributed by atoms with Crippen molar-refractivity contribution in [3.05, 3.63) is 30.3 Å². The molecule has 0 aromatic heterocycles. The average Bonchev–Trinajstić information content (AvgIpc) is 2.83. The first kappa shape index (κ1) is 24.0. The summed E-state index contributed by atoms with van der Waals surface area (Å²) >= 11 is 0. The normalized spacial score (nSPS) is 25.8. The highest BCUT2D eigenvalue weighted by atomic mass is 16.5. The van der Waals surface area contributed by atoms with Crippen molar-refractivity contribution in [1.29, 1.82) is 0 Å². The summed E-state index contributed by atoms with van der Waals surface area (Å²) in [6.45, 7) is 10.5. The molecule has 33 heavy (non-hydrogen) atoms. The van der Waals surface area contributed by atoms with Gasteiger partial charge in [0.2, 0.25) is 5.91 Å². The smallest absolute Gasteiger partial charge is 0.260 e. The Labute approximate surface area is 198 Å². The van der Waals surface area contributed by atoms with Crippen LogP contribution in [0.5, 0.6) is 5.75 Å². The van der Waals surface area contributed by atoms with Crippen molar-refractivity contribution in [3.8, 4) is 5.75 Å². The number of morpholine rings is 1. The van der Waals surface area contributed by atoms with Gasteiger partial charge >= 0.3 is 0 Å². The lowest BCUT2D eigenvalue weighted by molar-refractivity contribution is -0.142. The molecule has 3 aliphatic heterocycles. The number of carbonyl (C=O) groups is 2. The van der Waals surface area contributed by atoms with E-state index >= 15 is 0 Å². The first-order valence-electron chi connectivity index (χ1n) is 12.6. The van der Waals surface area contributed by atoms with E-state index in [1.807, 2.05) is 35.2 Å². The van der Waals surface area contributed by atoms with Crippen LogP contribution in [0, 0.1) is 11.8 Å². The number of para-hydroxylation sites is 1. The third-order valence-corrected chi connectivity index (χ3v) is 7.24. The number of amides is 2. The van der Waals surface area contributed by atoms with E-state index in [0.29, 0.717) is 37.0 Å². The van der Waals surface area contributed by atoms with Gasteiger partial charge in [0.05, 0.1) is 12.2 Å². The van der Waals surface area contributed by atoms with Gasteiger partial charge in [-0.15, -0.1) is 0 Å². The van der Waals surface area contributed by atoms with E-state index in [9.17, 15) is 9.59 Å². The van der Waals surface area contributed by atoms with Gasteiger partial charge in [-0.05, 0) is 57.6 Å². The van der Waals surface area contributed by atoms with E-state index in [0.717, 1.165) is 58.4 Å². The molecule has 7 nitrogen and oxygen atoms in total. The van der Waals surface area contributed by atoms with E-state index < -0.39 is 0 Å². The minimum atomic E-state index is -0.00249. The highest BCUT2D eigenvalue weighted by Crippen LogP contribution is 2.25. The highest BCUT2D eigenvalue weighted by Gasteiger charge is 2.33. The molecule has 3 heterocycles. The molecule has 0 bridgehead atoms. The van der Waals surface area contributed by atoms with Crippen LogP contribution in [-0.4, -0.2) is 91.1 Å². The number of hydrogen-bond donors (Lipinski definition) is 0. The fraction of sp³-hybridized carbons (Fsp3) is 0.692. The van der Waals surface area contributed by atoms with Crippen molar-refractivity contribution in [3.63, 3.8) is 0 Å². The molecule has 1 aromatic carbocycles. The zero-order valence-corrected chi connectivity index (χ0v) is 20.2. The molecule has 1 aromatic rings. The summed E-state index contributed by atoms with van der Waals surface area (Å²) in [6, 6.07) is 9.41. The molecule has 3 aliphatic rings. The van der Waals surface area contributed by atoms with Gasteiger partial charge in [0.1, 0.15) is 5.75 Å². The van der Waals surface area contributed by atoms with E-state index in [1.165, 1.54) is 0 Å². The van der Waals surface area contributed by atoms with E-state index in [-0.39, 0.29) is 24.3 Å². The van der Waals surface area contributed by atoms with E-state index in [2.05, 4.69) is 23.6 Å². The van der Waals surface area contributed by atoms with Crippen LogP contribution in [0.1, 0.15) is 39.5 Å². The molecule has 2 atom stereocenters. The maximum absolute atomic E-state index is 13.1. The number of hydrogen-bond acceptors (Lipinski definition) is 5. The van der Waals surface area contributed by atoms with Crippen molar-refractivity contribution in [2.45, 2.75) is 51.7 Å². The van der Waals surface area contributed by atoms with E-state index in [1.54, 1.807) is 0 Å². The summed E-state index contributed by atoms with van der Waals surface area (Å²) in [4.78, 5) is 32.0. The van der Waals surface area contributed by atoms with Crippen LogP contribution in [0.25, 0.3) is 0 Å². The quantitative estimate of drug-likeness (QED) is 0.657. The molecular weight excluding hydrogens is 418 g/mol. The summed E-state index contributed by atoms with van der Waals surface area (Å²) in [5.74, 6) is 1.70. The summed E-state index contributed by atoms with van der Waals surface area (Å²) in [7, 11) is 0. The second kappa shape index (κ2) is 11.3. The van der Waals surface area contributed by atoms with Gasteiger partial charge in [-0.25, -0.2) is 0 Å². The number of nitrogens with zero attached hydrogens (tertiary/aromatic N) is 3.